The summed E-state index contributed by atoms with van der Waals surface area (Å²) in [5.41, 5.74) is 1.09. The fourth-order valence-electron chi connectivity index (χ4n) is 1.74. The highest BCUT2D eigenvalue weighted by atomic mass is 16.6. The number of hydrogen-bond acceptors (Lipinski definition) is 2. The van der Waals surface area contributed by atoms with Gasteiger partial charge in [0, 0.05) is 0 Å². The predicted molar refractivity (Wildman–Crippen MR) is 60.7 cm³/mol. The van der Waals surface area contributed by atoms with Crippen LogP contribution in [0.5, 0.6) is 0 Å². The van der Waals surface area contributed by atoms with Crippen LogP contribution in [0.3, 0.4) is 0 Å². The van der Waals surface area contributed by atoms with Gasteiger partial charge < -0.3 is 4.74 Å². The standard InChI is InChI=1S/C13H13NO2/c1-2-3-9-14-12(10-16-13(14)15)11-7-5-4-6-8-11/h4-8,12H,9-10H2,1H3. The van der Waals surface area contributed by atoms with E-state index in [9.17, 15) is 4.79 Å². The molecule has 0 N–H and O–H groups in total. The summed E-state index contributed by atoms with van der Waals surface area (Å²) < 4.78 is 5.05. The Morgan fingerprint density at radius 3 is 2.88 bits per heavy atom. The van der Waals surface area contributed by atoms with E-state index < -0.39 is 0 Å². The van der Waals surface area contributed by atoms with Gasteiger partial charge in [-0.1, -0.05) is 36.3 Å². The number of benzene rings is 1. The van der Waals surface area contributed by atoms with E-state index in [-0.39, 0.29) is 12.1 Å². The number of cyclic esters (lactones) is 1. The zero-order valence-corrected chi connectivity index (χ0v) is 9.14. The normalized spacial score (nSPS) is 18.9. The van der Waals surface area contributed by atoms with Gasteiger partial charge in [0.05, 0.1) is 12.6 Å². The maximum atomic E-state index is 11.5. The summed E-state index contributed by atoms with van der Waals surface area (Å²) in [6.07, 6.45) is -0.281. The van der Waals surface area contributed by atoms with Crippen molar-refractivity contribution in [1.82, 2.24) is 4.90 Å². The van der Waals surface area contributed by atoms with Gasteiger partial charge in [-0.25, -0.2) is 4.79 Å². The van der Waals surface area contributed by atoms with Gasteiger partial charge in [-0.2, -0.15) is 0 Å². The Labute approximate surface area is 95.0 Å². The number of carbonyl (C=O) groups is 1. The van der Waals surface area contributed by atoms with Gasteiger partial charge in [0.25, 0.3) is 0 Å². The van der Waals surface area contributed by atoms with E-state index in [0.29, 0.717) is 13.2 Å². The minimum Gasteiger partial charge on any atom is -0.447 e. The minimum atomic E-state index is -0.281. The fourth-order valence-corrected chi connectivity index (χ4v) is 1.74. The Morgan fingerprint density at radius 2 is 2.19 bits per heavy atom. The Morgan fingerprint density at radius 1 is 1.44 bits per heavy atom. The molecule has 0 bridgehead atoms. The lowest BCUT2D eigenvalue weighted by atomic mass is 10.1. The van der Waals surface area contributed by atoms with Crippen LogP contribution >= 0.6 is 0 Å². The van der Waals surface area contributed by atoms with E-state index in [1.54, 1.807) is 11.8 Å². The topological polar surface area (TPSA) is 29.5 Å². The number of rotatable bonds is 2. The number of hydrogen-bond donors (Lipinski definition) is 0. The van der Waals surface area contributed by atoms with Crippen molar-refractivity contribution in [2.24, 2.45) is 0 Å². The third-order valence-corrected chi connectivity index (χ3v) is 2.59. The summed E-state index contributed by atoms with van der Waals surface area (Å²) in [5.74, 6) is 5.68. The molecule has 0 saturated carbocycles. The fraction of sp³-hybridized carbons (Fsp3) is 0.308. The van der Waals surface area contributed by atoms with Crippen LogP contribution in [0.4, 0.5) is 4.79 Å². The number of nitrogens with zero attached hydrogens (tertiary/aromatic N) is 1. The number of ether oxygens (including phenoxy) is 1. The van der Waals surface area contributed by atoms with Crippen LogP contribution in [0.15, 0.2) is 30.3 Å². The van der Waals surface area contributed by atoms with Crippen molar-refractivity contribution >= 4 is 6.09 Å². The van der Waals surface area contributed by atoms with Crippen molar-refractivity contribution in [3.05, 3.63) is 35.9 Å². The van der Waals surface area contributed by atoms with Crippen LogP contribution in [0.25, 0.3) is 0 Å². The molecule has 1 aliphatic rings. The molecule has 1 fully saturated rings. The lowest BCUT2D eigenvalue weighted by Gasteiger charge is -2.18. The second-order valence-corrected chi connectivity index (χ2v) is 3.56. The van der Waals surface area contributed by atoms with E-state index in [1.165, 1.54) is 0 Å². The summed E-state index contributed by atoms with van der Waals surface area (Å²) >= 11 is 0. The predicted octanol–water partition coefficient (Wildman–Crippen LogP) is 2.20. The van der Waals surface area contributed by atoms with Gasteiger partial charge >= 0.3 is 6.09 Å². The molecule has 0 radical (unpaired) electrons. The lowest BCUT2D eigenvalue weighted by Crippen LogP contribution is -2.27. The Kier molecular flexibility index (Phi) is 3.11. The molecule has 1 aromatic carbocycles. The highest BCUT2D eigenvalue weighted by molar-refractivity contribution is 5.71. The first-order chi connectivity index (χ1) is 7.83. The van der Waals surface area contributed by atoms with Gasteiger partial charge in [-0.3, -0.25) is 4.90 Å². The third kappa shape index (κ3) is 2.01. The molecule has 16 heavy (non-hydrogen) atoms. The quantitative estimate of drug-likeness (QED) is 0.708. The van der Waals surface area contributed by atoms with Crippen LogP contribution in [-0.4, -0.2) is 24.1 Å². The van der Waals surface area contributed by atoms with E-state index in [2.05, 4.69) is 11.8 Å². The molecule has 3 heteroatoms. The molecular formula is C13H13NO2. The average Bonchev–Trinajstić information content (AvgIpc) is 2.69. The maximum Gasteiger partial charge on any atom is 0.411 e. The monoisotopic (exact) mass is 215 g/mol. The van der Waals surface area contributed by atoms with Crippen LogP contribution in [-0.2, 0) is 4.74 Å². The first-order valence-corrected chi connectivity index (χ1v) is 5.21. The van der Waals surface area contributed by atoms with Crippen LogP contribution in [0, 0.1) is 11.8 Å². The molecule has 1 heterocycles. The molecular weight excluding hydrogens is 202 g/mol. The van der Waals surface area contributed by atoms with Crippen molar-refractivity contribution < 1.29 is 9.53 Å². The van der Waals surface area contributed by atoms with Crippen LogP contribution in [0.1, 0.15) is 18.5 Å². The number of amides is 1. The largest absolute Gasteiger partial charge is 0.447 e. The Hall–Kier alpha value is -1.95. The highest BCUT2D eigenvalue weighted by Gasteiger charge is 2.33. The summed E-state index contributed by atoms with van der Waals surface area (Å²) in [4.78, 5) is 13.2. The molecule has 0 aliphatic carbocycles. The summed E-state index contributed by atoms with van der Waals surface area (Å²) in [6, 6.07) is 9.87. The zero-order valence-electron chi connectivity index (χ0n) is 9.14. The lowest BCUT2D eigenvalue weighted by molar-refractivity contribution is 0.161. The smallest absolute Gasteiger partial charge is 0.411 e. The molecule has 2 rings (SSSR count). The second kappa shape index (κ2) is 4.71. The van der Waals surface area contributed by atoms with Crippen LogP contribution in [0.2, 0.25) is 0 Å². The third-order valence-electron chi connectivity index (χ3n) is 2.59. The molecule has 1 atom stereocenters. The van der Waals surface area contributed by atoms with Crippen molar-refractivity contribution in [3.8, 4) is 11.8 Å². The molecule has 0 spiro atoms. The number of carbonyl (C=O) groups excluding carboxylic acids is 1. The van der Waals surface area contributed by atoms with Crippen LogP contribution < -0.4 is 0 Å². The summed E-state index contributed by atoms with van der Waals surface area (Å²) in [5, 5.41) is 0. The summed E-state index contributed by atoms with van der Waals surface area (Å²) in [6.45, 7) is 2.60. The average molecular weight is 215 g/mol. The minimum absolute atomic E-state index is 0.00505. The van der Waals surface area contributed by atoms with Gasteiger partial charge in [-0.05, 0) is 12.5 Å². The Balaban J connectivity index is 2.20. The highest BCUT2D eigenvalue weighted by Crippen LogP contribution is 2.26. The van der Waals surface area contributed by atoms with Crippen molar-refractivity contribution in [1.29, 1.82) is 0 Å². The zero-order chi connectivity index (χ0) is 11.4. The SMILES string of the molecule is CC#CCN1C(=O)OCC1c1ccccc1. The first kappa shape index (κ1) is 10.6. The molecule has 1 saturated heterocycles. The van der Waals surface area contributed by atoms with E-state index in [0.717, 1.165) is 5.56 Å². The van der Waals surface area contributed by atoms with Gasteiger partial charge in [0.15, 0.2) is 0 Å². The second-order valence-electron chi connectivity index (χ2n) is 3.56. The van der Waals surface area contributed by atoms with E-state index in [1.807, 2.05) is 30.3 Å². The van der Waals surface area contributed by atoms with Gasteiger partial charge in [0.1, 0.15) is 6.61 Å². The maximum absolute atomic E-state index is 11.5. The molecule has 3 nitrogen and oxygen atoms in total. The van der Waals surface area contributed by atoms with Gasteiger partial charge in [0.2, 0.25) is 0 Å². The van der Waals surface area contributed by atoms with Crippen molar-refractivity contribution in [2.75, 3.05) is 13.2 Å². The first-order valence-electron chi connectivity index (χ1n) is 5.21. The van der Waals surface area contributed by atoms with Crippen molar-refractivity contribution in [2.45, 2.75) is 13.0 Å². The van der Waals surface area contributed by atoms with Crippen molar-refractivity contribution in [3.63, 3.8) is 0 Å². The Bertz CT molecular complexity index is 430. The molecule has 1 unspecified atom stereocenters. The molecule has 1 aliphatic heterocycles. The van der Waals surface area contributed by atoms with E-state index >= 15 is 0 Å². The van der Waals surface area contributed by atoms with E-state index in [4.69, 9.17) is 4.74 Å². The summed E-state index contributed by atoms with van der Waals surface area (Å²) in [7, 11) is 0. The van der Waals surface area contributed by atoms with Gasteiger partial charge in [-0.15, -0.1) is 5.92 Å². The molecule has 82 valence electrons. The molecule has 0 aromatic heterocycles. The molecule has 1 amide bonds. The molecule has 1 aromatic rings.